The molecule has 1 fully saturated rings. The lowest BCUT2D eigenvalue weighted by Crippen LogP contribution is -2.52. The average molecular weight is 303 g/mol. The van der Waals surface area contributed by atoms with Crippen LogP contribution in [0.3, 0.4) is 0 Å². The molecule has 1 aromatic carbocycles. The molecule has 0 radical (unpaired) electrons. The van der Waals surface area contributed by atoms with Crippen molar-refractivity contribution in [3.05, 3.63) is 23.8 Å². The predicted octanol–water partition coefficient (Wildman–Crippen LogP) is 2.29. The van der Waals surface area contributed by atoms with Gasteiger partial charge in [0.15, 0.2) is 0 Å². The van der Waals surface area contributed by atoms with E-state index in [1.807, 2.05) is 18.2 Å². The van der Waals surface area contributed by atoms with Crippen molar-refractivity contribution in [2.45, 2.75) is 25.9 Å². The topological polar surface area (TPSA) is 48.7 Å². The maximum Gasteiger partial charge on any atom is 0.128 e. The third-order valence-electron chi connectivity index (χ3n) is 4.40. The van der Waals surface area contributed by atoms with Gasteiger partial charge in [0.25, 0.3) is 0 Å². The molecule has 2 atom stereocenters. The number of nitriles is 1. The molecule has 2 rings (SSSR count). The molecule has 2 unspecified atom stereocenters. The fraction of sp³-hybridized carbons (Fsp3) is 0.588. The van der Waals surface area contributed by atoms with Crippen molar-refractivity contribution >= 4 is 0 Å². The van der Waals surface area contributed by atoms with Gasteiger partial charge in [-0.3, -0.25) is 4.90 Å². The van der Waals surface area contributed by atoms with Crippen molar-refractivity contribution in [2.75, 3.05) is 40.4 Å². The highest BCUT2D eigenvalue weighted by Gasteiger charge is 2.31. The Morgan fingerprint density at radius 2 is 2.09 bits per heavy atom. The molecule has 1 aliphatic heterocycles. The summed E-state index contributed by atoms with van der Waals surface area (Å²) in [6.45, 7) is 8.30. The van der Waals surface area contributed by atoms with Crippen LogP contribution < -0.4 is 9.47 Å². The average Bonchev–Trinajstić information content (AvgIpc) is 2.56. The number of methoxy groups -OCH3 is 2. The van der Waals surface area contributed by atoms with Crippen LogP contribution in [0.2, 0.25) is 0 Å². The highest BCUT2D eigenvalue weighted by atomic mass is 16.5. The van der Waals surface area contributed by atoms with E-state index in [1.54, 1.807) is 14.2 Å². The number of piperazine rings is 1. The molecule has 0 saturated carbocycles. The molecule has 0 spiro atoms. The summed E-state index contributed by atoms with van der Waals surface area (Å²) < 4.78 is 10.7. The van der Waals surface area contributed by atoms with Gasteiger partial charge in [0.2, 0.25) is 0 Å². The summed E-state index contributed by atoms with van der Waals surface area (Å²) in [5.41, 5.74) is 0.905. The van der Waals surface area contributed by atoms with Crippen molar-refractivity contribution in [2.24, 2.45) is 0 Å². The minimum atomic E-state index is -0.296. The molecule has 5 nitrogen and oxygen atoms in total. The SMILES string of the molecule is CCN1CCN(C(C#N)c2ccc(OC)cc2OC)C(C)C1. The van der Waals surface area contributed by atoms with Gasteiger partial charge in [-0.15, -0.1) is 0 Å². The van der Waals surface area contributed by atoms with Gasteiger partial charge in [-0.2, -0.15) is 5.26 Å². The first-order chi connectivity index (χ1) is 10.6. The zero-order valence-electron chi connectivity index (χ0n) is 13.9. The largest absolute Gasteiger partial charge is 0.497 e. The van der Waals surface area contributed by atoms with E-state index in [4.69, 9.17) is 9.47 Å². The summed E-state index contributed by atoms with van der Waals surface area (Å²) in [5, 5.41) is 9.73. The van der Waals surface area contributed by atoms with Crippen molar-refractivity contribution in [3.63, 3.8) is 0 Å². The molecule has 0 aromatic heterocycles. The summed E-state index contributed by atoms with van der Waals surface area (Å²) in [6.07, 6.45) is 0. The molecule has 22 heavy (non-hydrogen) atoms. The van der Waals surface area contributed by atoms with E-state index < -0.39 is 0 Å². The maximum atomic E-state index is 9.73. The first-order valence-corrected chi connectivity index (χ1v) is 7.74. The smallest absolute Gasteiger partial charge is 0.128 e. The Morgan fingerprint density at radius 1 is 1.32 bits per heavy atom. The van der Waals surface area contributed by atoms with Gasteiger partial charge in [0, 0.05) is 37.3 Å². The second-order valence-electron chi connectivity index (χ2n) is 5.62. The zero-order chi connectivity index (χ0) is 16.1. The molecule has 0 N–H and O–H groups in total. The predicted molar refractivity (Wildman–Crippen MR) is 86.2 cm³/mol. The quantitative estimate of drug-likeness (QED) is 0.835. The lowest BCUT2D eigenvalue weighted by atomic mass is 10.0. The summed E-state index contributed by atoms with van der Waals surface area (Å²) in [6, 6.07) is 8.15. The second kappa shape index (κ2) is 7.48. The minimum Gasteiger partial charge on any atom is -0.497 e. The molecular formula is C17H25N3O2. The Morgan fingerprint density at radius 3 is 2.64 bits per heavy atom. The second-order valence-corrected chi connectivity index (χ2v) is 5.62. The number of hydrogen-bond acceptors (Lipinski definition) is 5. The van der Waals surface area contributed by atoms with Crippen molar-refractivity contribution < 1.29 is 9.47 Å². The van der Waals surface area contributed by atoms with E-state index in [0.717, 1.165) is 37.5 Å². The lowest BCUT2D eigenvalue weighted by Gasteiger charge is -2.41. The van der Waals surface area contributed by atoms with Gasteiger partial charge in [0.1, 0.15) is 17.5 Å². The van der Waals surface area contributed by atoms with Crippen molar-refractivity contribution in [1.82, 2.24) is 9.80 Å². The standard InChI is InChI=1S/C17H25N3O2/c1-5-19-8-9-20(13(2)12-19)16(11-18)15-7-6-14(21-3)10-17(15)22-4/h6-7,10,13,16H,5,8-9,12H2,1-4H3. The Bertz CT molecular complexity index is 541. The molecule has 1 aliphatic rings. The first kappa shape index (κ1) is 16.6. The first-order valence-electron chi connectivity index (χ1n) is 7.74. The van der Waals surface area contributed by atoms with E-state index in [2.05, 4.69) is 29.7 Å². The fourth-order valence-corrected chi connectivity index (χ4v) is 3.08. The number of rotatable bonds is 5. The van der Waals surface area contributed by atoms with Crippen LogP contribution in [0.15, 0.2) is 18.2 Å². The maximum absolute atomic E-state index is 9.73. The van der Waals surface area contributed by atoms with Crippen LogP contribution in [-0.2, 0) is 0 Å². The Balaban J connectivity index is 2.27. The number of ether oxygens (including phenoxy) is 2. The minimum absolute atomic E-state index is 0.296. The molecule has 0 bridgehead atoms. The van der Waals surface area contributed by atoms with E-state index in [9.17, 15) is 5.26 Å². The summed E-state index contributed by atoms with van der Waals surface area (Å²) in [7, 11) is 3.26. The van der Waals surface area contributed by atoms with Gasteiger partial charge >= 0.3 is 0 Å². The van der Waals surface area contributed by atoms with Crippen LogP contribution in [-0.4, -0.2) is 56.2 Å². The highest BCUT2D eigenvalue weighted by Crippen LogP contribution is 2.34. The zero-order valence-corrected chi connectivity index (χ0v) is 13.9. The fourth-order valence-electron chi connectivity index (χ4n) is 3.08. The number of likely N-dealkylation sites (N-methyl/N-ethyl adjacent to an activating group) is 1. The summed E-state index contributed by atoms with van der Waals surface area (Å²) in [4.78, 5) is 4.68. The molecule has 5 heteroatoms. The van der Waals surface area contributed by atoms with E-state index >= 15 is 0 Å². The van der Waals surface area contributed by atoms with Gasteiger partial charge < -0.3 is 14.4 Å². The molecule has 120 valence electrons. The molecule has 1 aromatic rings. The Kier molecular flexibility index (Phi) is 5.64. The number of hydrogen-bond donors (Lipinski definition) is 0. The summed E-state index contributed by atoms with van der Waals surface area (Å²) in [5.74, 6) is 1.44. The van der Waals surface area contributed by atoms with Gasteiger partial charge in [0.05, 0.1) is 20.3 Å². The van der Waals surface area contributed by atoms with Gasteiger partial charge in [-0.05, 0) is 25.6 Å². The van der Waals surface area contributed by atoms with E-state index in [1.165, 1.54) is 0 Å². The molecule has 0 amide bonds. The Labute approximate surface area is 133 Å². The van der Waals surface area contributed by atoms with Gasteiger partial charge in [-0.1, -0.05) is 6.92 Å². The van der Waals surface area contributed by atoms with E-state index in [0.29, 0.717) is 11.8 Å². The van der Waals surface area contributed by atoms with Crippen LogP contribution in [0.1, 0.15) is 25.5 Å². The summed E-state index contributed by atoms with van der Waals surface area (Å²) >= 11 is 0. The van der Waals surface area contributed by atoms with Crippen molar-refractivity contribution in [3.8, 4) is 17.6 Å². The highest BCUT2D eigenvalue weighted by molar-refractivity contribution is 5.44. The van der Waals surface area contributed by atoms with E-state index in [-0.39, 0.29) is 6.04 Å². The third-order valence-corrected chi connectivity index (χ3v) is 4.40. The molecule has 0 aliphatic carbocycles. The molecule has 1 saturated heterocycles. The molecular weight excluding hydrogens is 278 g/mol. The Hall–Kier alpha value is -1.77. The van der Waals surface area contributed by atoms with Crippen LogP contribution in [0, 0.1) is 11.3 Å². The monoisotopic (exact) mass is 303 g/mol. The normalized spacial score (nSPS) is 21.1. The number of nitrogens with zero attached hydrogens (tertiary/aromatic N) is 3. The molecule has 1 heterocycles. The van der Waals surface area contributed by atoms with Crippen molar-refractivity contribution in [1.29, 1.82) is 5.26 Å². The number of benzene rings is 1. The third kappa shape index (κ3) is 3.34. The van der Waals surface area contributed by atoms with Crippen LogP contribution >= 0.6 is 0 Å². The van der Waals surface area contributed by atoms with Crippen LogP contribution in [0.5, 0.6) is 11.5 Å². The van der Waals surface area contributed by atoms with Gasteiger partial charge in [-0.25, -0.2) is 0 Å². The van der Waals surface area contributed by atoms with Crippen LogP contribution in [0.4, 0.5) is 0 Å². The van der Waals surface area contributed by atoms with Crippen LogP contribution in [0.25, 0.3) is 0 Å². The lowest BCUT2D eigenvalue weighted by molar-refractivity contribution is 0.0676.